The molecule has 0 bridgehead atoms. The Morgan fingerprint density at radius 1 is 0.821 bits per heavy atom. The average Bonchev–Trinajstić information content (AvgIpc) is 2.99. The summed E-state index contributed by atoms with van der Waals surface area (Å²) in [5.74, 6) is 0. The van der Waals surface area contributed by atoms with Crippen LogP contribution in [0.1, 0.15) is 0 Å². The van der Waals surface area contributed by atoms with Gasteiger partial charge in [-0.25, -0.2) is 12.5 Å². The lowest BCUT2D eigenvalue weighted by atomic mass is 10.1. The molecule has 0 aliphatic heterocycles. The summed E-state index contributed by atoms with van der Waals surface area (Å²) in [7, 11) is 4.19. The third-order valence-electron chi connectivity index (χ3n) is 4.39. The van der Waals surface area contributed by atoms with Crippen LogP contribution >= 0.6 is 47.3 Å². The van der Waals surface area contributed by atoms with Crippen molar-refractivity contribution in [3.8, 4) is 0 Å². The molecule has 2 radical (unpaired) electrons. The minimum atomic E-state index is 0.518. The van der Waals surface area contributed by atoms with Crippen molar-refractivity contribution in [3.63, 3.8) is 0 Å². The van der Waals surface area contributed by atoms with Gasteiger partial charge in [0.25, 0.3) is 0 Å². The normalized spacial score (nSPS) is 10.8. The molecule has 0 atom stereocenters. The maximum Gasteiger partial charge on any atom is 0.156 e. The summed E-state index contributed by atoms with van der Waals surface area (Å²) in [4.78, 5) is 0. The minimum absolute atomic E-state index is 0.518. The zero-order valence-corrected chi connectivity index (χ0v) is 18.0. The molecule has 0 amide bonds. The molecule has 0 saturated heterocycles. The van der Waals surface area contributed by atoms with Crippen LogP contribution in [0, 0.1) is 0 Å². The van der Waals surface area contributed by atoms with Crippen LogP contribution in [0.5, 0.6) is 0 Å². The number of thiol groups is 1. The molecule has 3 aromatic carbocycles. The first kappa shape index (κ1) is 21.2. The Kier molecular flexibility index (Phi) is 7.07. The topological polar surface area (TPSA) is 43.0 Å². The van der Waals surface area contributed by atoms with E-state index in [-0.39, 0.29) is 0 Å². The number of nitrogens with two attached hydrogens (primary N) is 1. The first-order valence-electron chi connectivity index (χ1n) is 8.46. The Morgan fingerprint density at radius 3 is 2.11 bits per heavy atom. The van der Waals surface area contributed by atoms with Crippen LogP contribution in [-0.2, 0) is 6.54 Å². The number of hydrogen-bond acceptors (Lipinski definition) is 3. The van der Waals surface area contributed by atoms with Gasteiger partial charge in [0.15, 0.2) is 7.12 Å². The molecule has 4 aromatic rings. The Balaban J connectivity index is 0.00000109. The monoisotopic (exact) mass is 447 g/mol. The van der Waals surface area contributed by atoms with Gasteiger partial charge in [0.1, 0.15) is 0 Å². The zero-order valence-electron chi connectivity index (χ0n) is 14.8. The van der Waals surface area contributed by atoms with Crippen molar-refractivity contribution in [2.75, 3.05) is 11.9 Å². The van der Waals surface area contributed by atoms with Crippen LogP contribution < -0.4 is 11.1 Å². The van der Waals surface area contributed by atoms with E-state index >= 15 is 0 Å². The minimum Gasteiger partial charge on any atom is -0.355 e. The lowest BCUT2D eigenvalue weighted by molar-refractivity contribution is 0.758. The van der Waals surface area contributed by atoms with Gasteiger partial charge >= 0.3 is 0 Å². The van der Waals surface area contributed by atoms with Crippen LogP contribution in [0.2, 0.25) is 15.1 Å². The van der Waals surface area contributed by atoms with E-state index in [1.807, 2.05) is 36.4 Å². The number of aromatic nitrogens is 1. The van der Waals surface area contributed by atoms with Gasteiger partial charge in [-0.05, 0) is 54.6 Å². The second kappa shape index (κ2) is 9.34. The molecular formula is C20H17BCl3N3S. The van der Waals surface area contributed by atoms with E-state index in [0.29, 0.717) is 21.6 Å². The molecule has 0 unspecified atom stereocenters. The van der Waals surface area contributed by atoms with Crippen molar-refractivity contribution in [2.45, 2.75) is 6.54 Å². The highest BCUT2D eigenvalue weighted by Crippen LogP contribution is 2.34. The molecule has 28 heavy (non-hydrogen) atoms. The lowest BCUT2D eigenvalue weighted by Gasteiger charge is -2.09. The van der Waals surface area contributed by atoms with Gasteiger partial charge in [0.05, 0.1) is 10.0 Å². The van der Waals surface area contributed by atoms with Gasteiger partial charge in [-0.15, -0.1) is 0 Å². The van der Waals surface area contributed by atoms with Gasteiger partial charge in [-0.2, -0.15) is 0 Å². The van der Waals surface area contributed by atoms with Crippen molar-refractivity contribution in [2.24, 2.45) is 5.73 Å². The quantitative estimate of drug-likeness (QED) is 0.248. The summed E-state index contributed by atoms with van der Waals surface area (Å²) >= 11 is 21.4. The van der Waals surface area contributed by atoms with E-state index < -0.39 is 0 Å². The molecule has 142 valence electrons. The van der Waals surface area contributed by atoms with Crippen molar-refractivity contribution >= 4 is 87.6 Å². The van der Waals surface area contributed by atoms with Crippen LogP contribution in [0.25, 0.3) is 21.8 Å². The van der Waals surface area contributed by atoms with Gasteiger partial charge in [0.2, 0.25) is 0 Å². The highest BCUT2D eigenvalue weighted by Gasteiger charge is 2.11. The second-order valence-corrected chi connectivity index (χ2v) is 7.34. The highest BCUT2D eigenvalue weighted by atomic mass is 35.5. The highest BCUT2D eigenvalue weighted by molar-refractivity contribution is 8.03. The van der Waals surface area contributed by atoms with Crippen molar-refractivity contribution in [1.29, 1.82) is 0 Å². The summed E-state index contributed by atoms with van der Waals surface area (Å²) in [6, 6.07) is 17.7. The maximum atomic E-state index is 6.23. The van der Waals surface area contributed by atoms with E-state index in [1.165, 1.54) is 0 Å². The van der Waals surface area contributed by atoms with Crippen molar-refractivity contribution < 1.29 is 0 Å². The Hall–Kier alpha value is -1.50. The maximum absolute atomic E-state index is 6.23. The molecule has 1 aromatic heterocycles. The van der Waals surface area contributed by atoms with Gasteiger partial charge in [-0.3, -0.25) is 0 Å². The van der Waals surface area contributed by atoms with Crippen molar-refractivity contribution in [3.05, 3.63) is 69.7 Å². The number of fused-ring (bicyclic) bond motifs is 3. The molecule has 8 heteroatoms. The first-order chi connectivity index (χ1) is 13.6. The number of hydrogen-bond donors (Lipinski definition) is 3. The standard InChI is InChI=1S/C20H16Cl3N3.BHS/c21-12-1-5-19-15(9-12)16-10-13(3-6-20(16)26(19)8-7-24)25-14-2-4-17(22)18(23)11-14;1-2/h1-6,9-11,25H,7-8,24H2;2H. The molecule has 0 fully saturated rings. The predicted octanol–water partition coefficient (Wildman–Crippen LogP) is 6.46. The SMILES string of the molecule is NCCn1c2ccc(Cl)cc2c2cc(Nc3ccc(Cl)c(Cl)c3)ccc21.[B]S. The molecule has 3 nitrogen and oxygen atoms in total. The van der Waals surface area contributed by atoms with E-state index in [2.05, 4.69) is 41.6 Å². The fraction of sp³-hybridized carbons (Fsp3) is 0.100. The van der Waals surface area contributed by atoms with Crippen molar-refractivity contribution in [1.82, 2.24) is 4.57 Å². The van der Waals surface area contributed by atoms with Crippen LogP contribution in [0.15, 0.2) is 54.6 Å². The van der Waals surface area contributed by atoms with E-state index in [0.717, 1.165) is 39.7 Å². The summed E-state index contributed by atoms with van der Waals surface area (Å²) in [6.45, 7) is 1.33. The van der Waals surface area contributed by atoms with Gasteiger partial charge in [-0.1, -0.05) is 34.8 Å². The zero-order chi connectivity index (χ0) is 20.3. The summed E-state index contributed by atoms with van der Waals surface area (Å²) in [5.41, 5.74) is 9.90. The van der Waals surface area contributed by atoms with Crippen LogP contribution in [0.4, 0.5) is 11.4 Å². The largest absolute Gasteiger partial charge is 0.355 e. The number of benzene rings is 3. The Morgan fingerprint density at radius 2 is 1.43 bits per heavy atom. The molecule has 3 N–H and O–H groups in total. The van der Waals surface area contributed by atoms with E-state index in [4.69, 9.17) is 40.5 Å². The average molecular weight is 449 g/mol. The number of anilines is 2. The lowest BCUT2D eigenvalue weighted by Crippen LogP contribution is -2.09. The fourth-order valence-corrected chi connectivity index (χ4v) is 3.73. The molecule has 0 spiro atoms. The smallest absolute Gasteiger partial charge is 0.156 e. The molecule has 0 aliphatic rings. The molecule has 1 heterocycles. The predicted molar refractivity (Wildman–Crippen MR) is 128 cm³/mol. The second-order valence-electron chi connectivity index (χ2n) is 6.09. The summed E-state index contributed by atoms with van der Waals surface area (Å²) in [6.07, 6.45) is 0. The number of nitrogens with one attached hydrogen (secondary N) is 1. The molecule has 0 saturated carbocycles. The number of nitrogens with zero attached hydrogens (tertiary/aromatic N) is 1. The first-order valence-corrected chi connectivity index (χ1v) is 10.1. The number of rotatable bonds is 4. The molecular weight excluding hydrogens is 431 g/mol. The van der Waals surface area contributed by atoms with Crippen LogP contribution in [-0.4, -0.2) is 18.2 Å². The van der Waals surface area contributed by atoms with Gasteiger partial charge < -0.3 is 15.6 Å². The van der Waals surface area contributed by atoms with Crippen LogP contribution in [0.3, 0.4) is 0 Å². The van der Waals surface area contributed by atoms with E-state index in [9.17, 15) is 0 Å². The molecule has 4 rings (SSSR count). The fourth-order valence-electron chi connectivity index (χ4n) is 3.26. The van der Waals surface area contributed by atoms with Gasteiger partial charge in [0, 0.05) is 51.3 Å². The molecule has 0 aliphatic carbocycles. The summed E-state index contributed by atoms with van der Waals surface area (Å²) < 4.78 is 2.23. The number of halogens is 3. The Bertz CT molecular complexity index is 1130. The third kappa shape index (κ3) is 4.24. The summed E-state index contributed by atoms with van der Waals surface area (Å²) in [5, 5.41) is 7.38. The van der Waals surface area contributed by atoms with E-state index in [1.54, 1.807) is 6.07 Å². The Labute approximate surface area is 185 Å². The third-order valence-corrected chi connectivity index (χ3v) is 5.36.